The zero-order chi connectivity index (χ0) is 13.7. The van der Waals surface area contributed by atoms with Gasteiger partial charge in [0.15, 0.2) is 4.34 Å². The summed E-state index contributed by atoms with van der Waals surface area (Å²) >= 11 is 3.08. The van der Waals surface area contributed by atoms with Crippen molar-refractivity contribution in [2.75, 3.05) is 11.1 Å². The van der Waals surface area contributed by atoms with E-state index >= 15 is 0 Å². The molecule has 0 spiro atoms. The second kappa shape index (κ2) is 6.55. The molecule has 0 aliphatic carbocycles. The number of aromatic nitrogens is 2. The number of thioether (sulfide) groups is 1. The Morgan fingerprint density at radius 2 is 2.21 bits per heavy atom. The number of benzene rings is 1. The Morgan fingerprint density at radius 3 is 2.95 bits per heavy atom. The average molecular weight is 290 g/mol. The minimum atomic E-state index is 0.0293. The molecule has 19 heavy (non-hydrogen) atoms. The van der Waals surface area contributed by atoms with Gasteiger partial charge >= 0.3 is 0 Å². The zero-order valence-corrected chi connectivity index (χ0v) is 12.4. The van der Waals surface area contributed by atoms with Crippen LogP contribution in [0.4, 0.5) is 10.8 Å². The van der Waals surface area contributed by atoms with Gasteiger partial charge in [-0.1, -0.05) is 41.3 Å². The van der Waals surface area contributed by atoms with Crippen LogP contribution >= 0.6 is 23.1 Å². The lowest BCUT2D eigenvalue weighted by molar-refractivity contribution is 0.862. The van der Waals surface area contributed by atoms with E-state index in [2.05, 4.69) is 21.6 Å². The Kier molecular flexibility index (Phi) is 4.77. The number of hydrogen-bond donors (Lipinski definition) is 1. The van der Waals surface area contributed by atoms with E-state index in [-0.39, 0.29) is 5.92 Å². The number of para-hydroxylation sites is 1. The largest absolute Gasteiger partial charge is 0.330 e. The summed E-state index contributed by atoms with van der Waals surface area (Å²) in [7, 11) is 0. The maximum absolute atomic E-state index is 8.74. The van der Waals surface area contributed by atoms with Gasteiger partial charge in [-0.15, -0.1) is 10.2 Å². The predicted octanol–water partition coefficient (Wildman–Crippen LogP) is 3.84. The van der Waals surface area contributed by atoms with Crippen LogP contribution in [0.25, 0.3) is 0 Å². The van der Waals surface area contributed by atoms with Crippen molar-refractivity contribution in [2.45, 2.75) is 18.2 Å². The molecule has 1 atom stereocenters. The van der Waals surface area contributed by atoms with E-state index in [1.165, 1.54) is 16.9 Å². The van der Waals surface area contributed by atoms with E-state index in [9.17, 15) is 0 Å². The van der Waals surface area contributed by atoms with Gasteiger partial charge in [0.2, 0.25) is 5.13 Å². The topological polar surface area (TPSA) is 61.6 Å². The number of aryl methyl sites for hydroxylation is 1. The summed E-state index contributed by atoms with van der Waals surface area (Å²) in [5.74, 6) is 0.775. The number of nitrogens with one attached hydrogen (secondary N) is 1. The van der Waals surface area contributed by atoms with Crippen molar-refractivity contribution in [1.82, 2.24) is 10.2 Å². The molecule has 1 aromatic carbocycles. The Labute approximate surface area is 120 Å². The fraction of sp³-hybridized carbons (Fsp3) is 0.308. The van der Waals surface area contributed by atoms with Gasteiger partial charge in [-0.25, -0.2) is 0 Å². The molecule has 0 aliphatic heterocycles. The lowest BCUT2D eigenvalue weighted by Gasteiger charge is -2.04. The highest BCUT2D eigenvalue weighted by Crippen LogP contribution is 2.29. The minimum Gasteiger partial charge on any atom is -0.330 e. The van der Waals surface area contributed by atoms with Crippen LogP contribution in [0.1, 0.15) is 12.5 Å². The fourth-order valence-corrected chi connectivity index (χ4v) is 3.11. The van der Waals surface area contributed by atoms with Gasteiger partial charge in [0, 0.05) is 11.4 Å². The molecule has 0 saturated carbocycles. The molecular formula is C13H14N4S2. The highest BCUT2D eigenvalue weighted by molar-refractivity contribution is 8.01. The SMILES string of the molecule is Cc1ccccc1Nc1nnc(SC[C@H](C)C#N)s1. The van der Waals surface area contributed by atoms with Crippen LogP contribution in [0, 0.1) is 24.2 Å². The minimum absolute atomic E-state index is 0.0293. The Morgan fingerprint density at radius 1 is 1.42 bits per heavy atom. The smallest absolute Gasteiger partial charge is 0.210 e. The number of anilines is 2. The molecule has 0 unspecified atom stereocenters. The molecule has 2 aromatic rings. The summed E-state index contributed by atoms with van der Waals surface area (Å²) in [4.78, 5) is 0. The molecule has 0 saturated heterocycles. The van der Waals surface area contributed by atoms with Crippen LogP contribution in [-0.4, -0.2) is 16.0 Å². The van der Waals surface area contributed by atoms with Crippen molar-refractivity contribution in [3.8, 4) is 6.07 Å². The second-order valence-corrected chi connectivity index (χ2v) is 6.40. The van der Waals surface area contributed by atoms with Crippen molar-refractivity contribution in [2.24, 2.45) is 5.92 Å². The third-order valence-electron chi connectivity index (χ3n) is 2.47. The van der Waals surface area contributed by atoms with Crippen molar-refractivity contribution in [1.29, 1.82) is 5.26 Å². The molecule has 6 heteroatoms. The Hall–Kier alpha value is -1.58. The standard InChI is InChI=1S/C13H14N4S2/c1-9(7-14)8-18-13-17-16-12(19-13)15-11-6-4-3-5-10(11)2/h3-6,9H,8H2,1-2H3,(H,15,16)/t9-/m1/s1. The van der Waals surface area contributed by atoms with Gasteiger partial charge in [-0.3, -0.25) is 0 Å². The third-order valence-corrected chi connectivity index (χ3v) is 4.70. The number of rotatable bonds is 5. The molecule has 0 bridgehead atoms. The lowest BCUT2D eigenvalue weighted by Crippen LogP contribution is -1.92. The molecule has 1 heterocycles. The highest BCUT2D eigenvalue weighted by Gasteiger charge is 2.08. The van der Waals surface area contributed by atoms with Crippen molar-refractivity contribution < 1.29 is 0 Å². The number of hydrogen-bond acceptors (Lipinski definition) is 6. The van der Waals surface area contributed by atoms with Crippen molar-refractivity contribution >= 4 is 33.9 Å². The molecule has 0 fully saturated rings. The number of nitrogens with zero attached hydrogens (tertiary/aromatic N) is 3. The predicted molar refractivity (Wildman–Crippen MR) is 79.9 cm³/mol. The van der Waals surface area contributed by atoms with E-state index in [0.717, 1.165) is 20.9 Å². The summed E-state index contributed by atoms with van der Waals surface area (Å²) in [6.45, 7) is 3.95. The van der Waals surface area contributed by atoms with Crippen LogP contribution in [0.3, 0.4) is 0 Å². The molecule has 4 nitrogen and oxygen atoms in total. The normalized spacial score (nSPS) is 11.8. The van der Waals surface area contributed by atoms with E-state index < -0.39 is 0 Å². The number of nitriles is 1. The van der Waals surface area contributed by atoms with E-state index in [4.69, 9.17) is 5.26 Å². The van der Waals surface area contributed by atoms with E-state index in [0.29, 0.717) is 0 Å². The van der Waals surface area contributed by atoms with Crippen LogP contribution < -0.4 is 5.32 Å². The second-order valence-electron chi connectivity index (χ2n) is 4.15. The van der Waals surface area contributed by atoms with Gasteiger partial charge in [-0.05, 0) is 25.5 Å². The Bertz CT molecular complexity index is 588. The summed E-state index contributed by atoms with van der Waals surface area (Å²) in [5.41, 5.74) is 2.21. The first-order valence-corrected chi connectivity index (χ1v) is 7.68. The summed E-state index contributed by atoms with van der Waals surface area (Å²) in [6.07, 6.45) is 0. The van der Waals surface area contributed by atoms with Crippen molar-refractivity contribution in [3.05, 3.63) is 29.8 Å². The molecule has 98 valence electrons. The molecule has 2 rings (SSSR count). The maximum atomic E-state index is 8.74. The third kappa shape index (κ3) is 3.94. The van der Waals surface area contributed by atoms with Gasteiger partial charge in [0.25, 0.3) is 0 Å². The monoisotopic (exact) mass is 290 g/mol. The molecule has 0 aliphatic rings. The Balaban J connectivity index is 1.98. The van der Waals surface area contributed by atoms with E-state index in [1.54, 1.807) is 11.8 Å². The van der Waals surface area contributed by atoms with Crippen LogP contribution in [-0.2, 0) is 0 Å². The summed E-state index contributed by atoms with van der Waals surface area (Å²) in [5, 5.41) is 21.0. The van der Waals surface area contributed by atoms with Crippen molar-refractivity contribution in [3.63, 3.8) is 0 Å². The first kappa shape index (κ1) is 13.8. The van der Waals surface area contributed by atoms with Crippen LogP contribution in [0.5, 0.6) is 0 Å². The first-order valence-electron chi connectivity index (χ1n) is 5.87. The van der Waals surface area contributed by atoms with E-state index in [1.807, 2.05) is 38.1 Å². The first-order chi connectivity index (χ1) is 9.19. The molecule has 0 radical (unpaired) electrons. The quantitative estimate of drug-likeness (QED) is 0.848. The molecular weight excluding hydrogens is 276 g/mol. The van der Waals surface area contributed by atoms with Crippen LogP contribution in [0.15, 0.2) is 28.6 Å². The zero-order valence-electron chi connectivity index (χ0n) is 10.8. The van der Waals surface area contributed by atoms with Gasteiger partial charge in [-0.2, -0.15) is 5.26 Å². The molecule has 1 N–H and O–H groups in total. The lowest BCUT2D eigenvalue weighted by atomic mass is 10.2. The molecule has 1 aromatic heterocycles. The van der Waals surface area contributed by atoms with Gasteiger partial charge < -0.3 is 5.32 Å². The molecule has 0 amide bonds. The average Bonchev–Trinajstić information content (AvgIpc) is 2.86. The fourth-order valence-electron chi connectivity index (χ4n) is 1.38. The van der Waals surface area contributed by atoms with Gasteiger partial charge in [0.05, 0.1) is 12.0 Å². The highest BCUT2D eigenvalue weighted by atomic mass is 32.2. The van der Waals surface area contributed by atoms with Crippen LogP contribution in [0.2, 0.25) is 0 Å². The summed E-state index contributed by atoms with van der Waals surface area (Å²) < 4.78 is 0.887. The maximum Gasteiger partial charge on any atom is 0.210 e. The summed E-state index contributed by atoms with van der Waals surface area (Å²) in [6, 6.07) is 10.3. The van der Waals surface area contributed by atoms with Gasteiger partial charge in [0.1, 0.15) is 0 Å².